The SMILES string of the molecule is CN1CC(C(=O)Nc2ccccc2-c2cn3c(C(=O)O)csc3n2)=Nc2ccccc21. The molecule has 0 fully saturated rings. The Labute approximate surface area is 181 Å². The summed E-state index contributed by atoms with van der Waals surface area (Å²) in [5.41, 5.74) is 4.16. The third-order valence-electron chi connectivity index (χ3n) is 5.08. The number of hydrogen-bond acceptors (Lipinski definition) is 6. The van der Waals surface area contributed by atoms with Crippen molar-refractivity contribution in [3.8, 4) is 11.3 Å². The molecule has 3 heterocycles. The van der Waals surface area contributed by atoms with E-state index in [1.807, 2.05) is 54.4 Å². The predicted octanol–water partition coefficient (Wildman–Crippen LogP) is 3.92. The molecule has 0 atom stereocenters. The number of thiazole rings is 1. The average Bonchev–Trinajstić information content (AvgIpc) is 3.35. The minimum atomic E-state index is -1.02. The van der Waals surface area contributed by atoms with Crippen LogP contribution in [0.5, 0.6) is 0 Å². The molecule has 9 heteroatoms. The Morgan fingerprint density at radius 1 is 1.13 bits per heavy atom. The zero-order valence-corrected chi connectivity index (χ0v) is 17.3. The van der Waals surface area contributed by atoms with Crippen molar-refractivity contribution in [2.24, 2.45) is 4.99 Å². The maximum Gasteiger partial charge on any atom is 0.353 e. The molecule has 8 nitrogen and oxygen atoms in total. The van der Waals surface area contributed by atoms with Gasteiger partial charge < -0.3 is 15.3 Å². The largest absolute Gasteiger partial charge is 0.477 e. The van der Waals surface area contributed by atoms with Gasteiger partial charge in [0.15, 0.2) is 4.96 Å². The first-order chi connectivity index (χ1) is 15.0. The summed E-state index contributed by atoms with van der Waals surface area (Å²) in [4.78, 5) is 36.0. The number of carbonyl (C=O) groups excluding carboxylic acids is 1. The van der Waals surface area contributed by atoms with E-state index in [0.717, 1.165) is 11.4 Å². The number of carboxylic acids is 1. The number of aliphatic imine (C=N–C) groups is 1. The highest BCUT2D eigenvalue weighted by atomic mass is 32.1. The number of carbonyl (C=O) groups is 2. The summed E-state index contributed by atoms with van der Waals surface area (Å²) in [6.07, 6.45) is 1.67. The van der Waals surface area contributed by atoms with E-state index in [1.165, 1.54) is 15.7 Å². The van der Waals surface area contributed by atoms with Gasteiger partial charge in [-0.1, -0.05) is 30.3 Å². The summed E-state index contributed by atoms with van der Waals surface area (Å²) in [6.45, 7) is 0.396. The number of aromatic nitrogens is 2. The third kappa shape index (κ3) is 3.34. The molecule has 0 radical (unpaired) electrons. The summed E-state index contributed by atoms with van der Waals surface area (Å²) in [5, 5.41) is 13.8. The van der Waals surface area contributed by atoms with Crippen LogP contribution in [0, 0.1) is 0 Å². The Morgan fingerprint density at radius 3 is 2.74 bits per heavy atom. The first-order valence-electron chi connectivity index (χ1n) is 9.49. The molecule has 154 valence electrons. The summed E-state index contributed by atoms with van der Waals surface area (Å²) in [6, 6.07) is 15.0. The summed E-state index contributed by atoms with van der Waals surface area (Å²) in [5.74, 6) is -1.31. The summed E-state index contributed by atoms with van der Waals surface area (Å²) >= 11 is 1.25. The van der Waals surface area contributed by atoms with Crippen molar-refractivity contribution in [1.29, 1.82) is 0 Å². The second-order valence-electron chi connectivity index (χ2n) is 7.11. The van der Waals surface area contributed by atoms with Gasteiger partial charge in [-0.25, -0.2) is 14.8 Å². The van der Waals surface area contributed by atoms with Crippen LogP contribution in [0.2, 0.25) is 0 Å². The fourth-order valence-electron chi connectivity index (χ4n) is 3.57. The standard InChI is InChI=1S/C22H17N5O3S/c1-26-10-17(23-15-8-4-5-9-18(15)26)20(28)24-14-7-3-2-6-13(14)16-11-27-19(21(29)30)12-31-22(27)25-16/h2-9,11-12H,10H2,1H3,(H,24,28)(H,29,30). The minimum absolute atomic E-state index is 0.151. The zero-order chi connectivity index (χ0) is 21.5. The van der Waals surface area contributed by atoms with Gasteiger partial charge in [0.25, 0.3) is 5.91 Å². The van der Waals surface area contributed by atoms with Gasteiger partial charge in [0.1, 0.15) is 11.4 Å². The number of hydrogen-bond donors (Lipinski definition) is 2. The van der Waals surface area contributed by atoms with Gasteiger partial charge in [-0.15, -0.1) is 11.3 Å². The number of rotatable bonds is 4. The number of aromatic carboxylic acids is 1. The zero-order valence-electron chi connectivity index (χ0n) is 16.4. The monoisotopic (exact) mass is 431 g/mol. The fourth-order valence-corrected chi connectivity index (χ4v) is 4.42. The third-order valence-corrected chi connectivity index (χ3v) is 5.92. The van der Waals surface area contributed by atoms with Gasteiger partial charge in [0.05, 0.1) is 29.3 Å². The number of para-hydroxylation sites is 3. The number of anilines is 2. The van der Waals surface area contributed by atoms with E-state index < -0.39 is 5.97 Å². The molecule has 2 aromatic carbocycles. The first kappa shape index (κ1) is 19.0. The number of nitrogens with one attached hydrogen (secondary N) is 1. The van der Waals surface area contributed by atoms with Crippen molar-refractivity contribution in [1.82, 2.24) is 9.38 Å². The van der Waals surface area contributed by atoms with E-state index in [0.29, 0.717) is 34.2 Å². The molecule has 0 spiro atoms. The first-order valence-corrected chi connectivity index (χ1v) is 10.4. The quantitative estimate of drug-likeness (QED) is 0.510. The molecule has 2 N–H and O–H groups in total. The molecule has 31 heavy (non-hydrogen) atoms. The van der Waals surface area contributed by atoms with Crippen molar-refractivity contribution >= 4 is 50.9 Å². The highest BCUT2D eigenvalue weighted by Gasteiger charge is 2.22. The Balaban J connectivity index is 1.47. The van der Waals surface area contributed by atoms with Crippen molar-refractivity contribution in [2.75, 3.05) is 23.8 Å². The van der Waals surface area contributed by atoms with E-state index >= 15 is 0 Å². The van der Waals surface area contributed by atoms with Gasteiger partial charge in [0, 0.05) is 24.2 Å². The lowest BCUT2D eigenvalue weighted by molar-refractivity contribution is -0.110. The van der Waals surface area contributed by atoms with Gasteiger partial charge in [-0.2, -0.15) is 0 Å². The molecule has 5 rings (SSSR count). The molecule has 0 saturated heterocycles. The van der Waals surface area contributed by atoms with Crippen molar-refractivity contribution in [3.63, 3.8) is 0 Å². The van der Waals surface area contributed by atoms with Crippen LogP contribution < -0.4 is 10.2 Å². The van der Waals surface area contributed by atoms with Crippen LogP contribution in [0.4, 0.5) is 17.1 Å². The summed E-state index contributed by atoms with van der Waals surface area (Å²) < 4.78 is 1.54. The van der Waals surface area contributed by atoms with Crippen molar-refractivity contribution in [3.05, 3.63) is 65.8 Å². The molecule has 1 amide bonds. The lowest BCUT2D eigenvalue weighted by Crippen LogP contribution is -2.36. The van der Waals surface area contributed by atoms with Crippen LogP contribution in [0.15, 0.2) is 65.1 Å². The Morgan fingerprint density at radius 2 is 1.90 bits per heavy atom. The van der Waals surface area contributed by atoms with Crippen LogP contribution in [0.1, 0.15) is 10.5 Å². The second kappa shape index (κ2) is 7.37. The van der Waals surface area contributed by atoms with E-state index in [1.54, 1.807) is 17.6 Å². The average molecular weight is 431 g/mol. The van der Waals surface area contributed by atoms with E-state index in [2.05, 4.69) is 15.3 Å². The molecular formula is C22H17N5O3S. The summed E-state index contributed by atoms with van der Waals surface area (Å²) in [7, 11) is 1.92. The molecule has 1 aliphatic heterocycles. The molecule has 0 saturated carbocycles. The molecule has 0 bridgehead atoms. The van der Waals surface area contributed by atoms with Gasteiger partial charge in [0.2, 0.25) is 0 Å². The Bertz CT molecular complexity index is 1370. The Kier molecular flexibility index (Phi) is 4.52. The normalized spacial score (nSPS) is 13.1. The Hall–Kier alpha value is -3.98. The van der Waals surface area contributed by atoms with Crippen LogP contribution in [0.25, 0.3) is 16.2 Å². The van der Waals surface area contributed by atoms with Gasteiger partial charge in [-0.3, -0.25) is 9.20 Å². The van der Waals surface area contributed by atoms with E-state index in [9.17, 15) is 14.7 Å². The van der Waals surface area contributed by atoms with Crippen molar-refractivity contribution < 1.29 is 14.7 Å². The van der Waals surface area contributed by atoms with Crippen LogP contribution in [-0.2, 0) is 4.79 Å². The number of benzene rings is 2. The fraction of sp³-hybridized carbons (Fsp3) is 0.0909. The van der Waals surface area contributed by atoms with E-state index in [4.69, 9.17) is 0 Å². The lowest BCUT2D eigenvalue weighted by Gasteiger charge is -2.26. The number of imidazole rings is 1. The minimum Gasteiger partial charge on any atom is -0.477 e. The van der Waals surface area contributed by atoms with Crippen LogP contribution in [-0.4, -0.2) is 45.7 Å². The molecular weight excluding hydrogens is 414 g/mol. The molecule has 0 aliphatic carbocycles. The molecule has 0 unspecified atom stereocenters. The molecule has 4 aromatic rings. The van der Waals surface area contributed by atoms with Crippen LogP contribution >= 0.6 is 11.3 Å². The number of amides is 1. The van der Waals surface area contributed by atoms with Gasteiger partial charge in [-0.05, 0) is 18.2 Å². The maximum atomic E-state index is 13.0. The smallest absolute Gasteiger partial charge is 0.353 e. The highest BCUT2D eigenvalue weighted by molar-refractivity contribution is 7.15. The van der Waals surface area contributed by atoms with Crippen molar-refractivity contribution in [2.45, 2.75) is 0 Å². The topological polar surface area (TPSA) is 99.3 Å². The number of carboxylic acid groups (broad SMARTS) is 1. The second-order valence-corrected chi connectivity index (χ2v) is 7.94. The molecule has 1 aliphatic rings. The maximum absolute atomic E-state index is 13.0. The lowest BCUT2D eigenvalue weighted by atomic mass is 10.1. The van der Waals surface area contributed by atoms with E-state index in [-0.39, 0.29) is 11.6 Å². The van der Waals surface area contributed by atoms with Gasteiger partial charge >= 0.3 is 5.97 Å². The van der Waals surface area contributed by atoms with Crippen LogP contribution in [0.3, 0.4) is 0 Å². The number of fused-ring (bicyclic) bond motifs is 2. The predicted molar refractivity (Wildman–Crippen MR) is 121 cm³/mol. The molecule has 2 aromatic heterocycles. The highest BCUT2D eigenvalue weighted by Crippen LogP contribution is 2.32. The number of nitrogens with zero attached hydrogens (tertiary/aromatic N) is 4.